The fourth-order valence-electron chi connectivity index (χ4n) is 2.65. The summed E-state index contributed by atoms with van der Waals surface area (Å²) in [4.78, 5) is 0. The van der Waals surface area contributed by atoms with Gasteiger partial charge in [-0.05, 0) is 46.7 Å². The average molecular weight is 270 g/mol. The molecule has 19 heavy (non-hydrogen) atoms. The molecule has 0 fully saturated rings. The number of allylic oxidation sites excluding steroid dienone is 1. The Hall–Kier alpha value is -1.54. The van der Waals surface area contributed by atoms with Crippen LogP contribution >= 0.6 is 12.1 Å². The highest BCUT2D eigenvalue weighted by atomic mass is 32.2. The van der Waals surface area contributed by atoms with Crippen LogP contribution in [0.5, 0.6) is 0 Å². The predicted octanol–water partition coefficient (Wildman–Crippen LogP) is 3.66. The van der Waals surface area contributed by atoms with E-state index in [-0.39, 0.29) is 0 Å². The second-order valence-electron chi connectivity index (χ2n) is 5.16. The first kappa shape index (κ1) is 12.5. The van der Waals surface area contributed by atoms with Crippen LogP contribution in [0.2, 0.25) is 0 Å². The van der Waals surface area contributed by atoms with Gasteiger partial charge < -0.3 is 0 Å². The summed E-state index contributed by atoms with van der Waals surface area (Å²) in [6.07, 6.45) is 7.94. The molecule has 2 heteroatoms. The molecule has 0 aromatic heterocycles. The minimum atomic E-state index is -0.587. The largest absolute Gasteiger partial charge is 0.164 e. The van der Waals surface area contributed by atoms with Crippen LogP contribution in [0.1, 0.15) is 12.5 Å². The van der Waals surface area contributed by atoms with E-state index in [1.807, 2.05) is 31.2 Å². The van der Waals surface area contributed by atoms with Crippen LogP contribution in [0, 0.1) is 6.92 Å². The Labute approximate surface area is 116 Å². The summed E-state index contributed by atoms with van der Waals surface area (Å²) >= 11 is 0.374. The van der Waals surface area contributed by atoms with Gasteiger partial charge in [-0.1, -0.05) is 48.6 Å². The molecule has 0 bridgehead atoms. The molecule has 0 saturated carbocycles. The Kier molecular flexibility index (Phi) is 2.98. The maximum absolute atomic E-state index is 13.2. The van der Waals surface area contributed by atoms with Gasteiger partial charge in [-0.25, -0.2) is 0 Å². The average Bonchev–Trinajstić information content (AvgIpc) is 2.58. The Bertz CT molecular complexity index is 789. The molecule has 1 aliphatic rings. The van der Waals surface area contributed by atoms with Gasteiger partial charge in [-0.2, -0.15) is 3.89 Å². The van der Waals surface area contributed by atoms with Gasteiger partial charge in [-0.3, -0.25) is 0 Å². The molecule has 1 aliphatic carbocycles. The van der Waals surface area contributed by atoms with E-state index in [9.17, 15) is 3.89 Å². The second kappa shape index (κ2) is 4.53. The Morgan fingerprint density at radius 2 is 2.00 bits per heavy atom. The number of hydrogen-bond acceptors (Lipinski definition) is 1. The lowest BCUT2D eigenvalue weighted by Crippen LogP contribution is -2.29. The first-order valence-electron chi connectivity index (χ1n) is 6.33. The lowest BCUT2D eigenvalue weighted by Gasteiger charge is -2.14. The van der Waals surface area contributed by atoms with E-state index in [1.54, 1.807) is 0 Å². The van der Waals surface area contributed by atoms with Gasteiger partial charge in [-0.15, -0.1) is 0 Å². The summed E-state index contributed by atoms with van der Waals surface area (Å²) in [6.45, 7) is 4.02. The molecule has 1 atom stereocenters. The summed E-state index contributed by atoms with van der Waals surface area (Å²) < 4.78 is 12.6. The number of aryl methyl sites for hydroxylation is 1. The zero-order valence-corrected chi connectivity index (χ0v) is 11.8. The molecule has 2 aromatic carbocycles. The summed E-state index contributed by atoms with van der Waals surface area (Å²) in [5.74, 6) is 0. The zero-order valence-electron chi connectivity index (χ0n) is 11.0. The van der Waals surface area contributed by atoms with Crippen molar-refractivity contribution in [2.45, 2.75) is 18.6 Å². The van der Waals surface area contributed by atoms with E-state index in [2.05, 4.69) is 37.3 Å². The minimum absolute atomic E-state index is 0.374. The SMILES string of the molecule is Cc1c2c(cc3ccccc13)=CC(C)(SF)C=CC=2. The van der Waals surface area contributed by atoms with Crippen molar-refractivity contribution in [1.82, 2.24) is 0 Å². The monoisotopic (exact) mass is 270 g/mol. The van der Waals surface area contributed by atoms with Crippen LogP contribution in [-0.2, 0) is 0 Å². The normalized spacial score (nSPS) is 21.4. The second-order valence-corrected chi connectivity index (χ2v) is 6.19. The lowest BCUT2D eigenvalue weighted by molar-refractivity contribution is 0.892. The molecule has 1 unspecified atom stereocenters. The van der Waals surface area contributed by atoms with E-state index in [0.29, 0.717) is 12.1 Å². The molecule has 0 heterocycles. The quantitative estimate of drug-likeness (QED) is 0.762. The van der Waals surface area contributed by atoms with Gasteiger partial charge in [0.25, 0.3) is 0 Å². The molecule has 2 aromatic rings. The molecule has 0 amide bonds. The molecule has 3 rings (SSSR count). The fourth-order valence-corrected chi connectivity index (χ4v) is 2.95. The molecule has 0 N–H and O–H groups in total. The Balaban J connectivity index is 2.46. The van der Waals surface area contributed by atoms with Gasteiger partial charge >= 0.3 is 0 Å². The van der Waals surface area contributed by atoms with Gasteiger partial charge in [0, 0.05) is 0 Å². The number of hydrogen-bond donors (Lipinski definition) is 0. The summed E-state index contributed by atoms with van der Waals surface area (Å²) in [5.41, 5.74) is 1.25. The fraction of sp³-hybridized carbons (Fsp3) is 0.176. The third-order valence-electron chi connectivity index (χ3n) is 3.69. The van der Waals surface area contributed by atoms with Crippen LogP contribution in [-0.4, -0.2) is 4.75 Å². The maximum atomic E-state index is 13.2. The Morgan fingerprint density at radius 1 is 1.21 bits per heavy atom. The number of fused-ring (bicyclic) bond motifs is 2. The molecule has 0 saturated heterocycles. The molecule has 0 radical (unpaired) electrons. The van der Waals surface area contributed by atoms with Crippen molar-refractivity contribution in [2.75, 3.05) is 0 Å². The zero-order chi connectivity index (χ0) is 13.5. The number of halogens is 1. The van der Waals surface area contributed by atoms with Crippen LogP contribution in [0.4, 0.5) is 3.89 Å². The van der Waals surface area contributed by atoms with Gasteiger partial charge in [0.1, 0.15) is 0 Å². The van der Waals surface area contributed by atoms with E-state index in [1.165, 1.54) is 21.6 Å². The molecule has 0 aliphatic heterocycles. The van der Waals surface area contributed by atoms with E-state index in [0.717, 1.165) is 5.22 Å². The van der Waals surface area contributed by atoms with Gasteiger partial charge in [0.15, 0.2) is 0 Å². The molecule has 96 valence electrons. The number of benzene rings is 2. The van der Waals surface area contributed by atoms with Gasteiger partial charge in [0.2, 0.25) is 0 Å². The summed E-state index contributed by atoms with van der Waals surface area (Å²) in [5, 5.41) is 4.76. The van der Waals surface area contributed by atoms with Crippen molar-refractivity contribution in [3.63, 3.8) is 0 Å². The third-order valence-corrected chi connectivity index (χ3v) is 4.28. The lowest BCUT2D eigenvalue weighted by atomic mass is 10.00. The van der Waals surface area contributed by atoms with Crippen LogP contribution < -0.4 is 10.4 Å². The molecule has 0 nitrogen and oxygen atoms in total. The first-order chi connectivity index (χ1) is 9.13. The van der Waals surface area contributed by atoms with Crippen LogP contribution in [0.15, 0.2) is 42.5 Å². The van der Waals surface area contributed by atoms with Crippen molar-refractivity contribution in [2.24, 2.45) is 0 Å². The van der Waals surface area contributed by atoms with Crippen molar-refractivity contribution in [1.29, 1.82) is 0 Å². The number of rotatable bonds is 1. The highest BCUT2D eigenvalue weighted by Gasteiger charge is 2.20. The topological polar surface area (TPSA) is 0 Å². The molecular formula is C17H15FS. The minimum Gasteiger partial charge on any atom is -0.164 e. The van der Waals surface area contributed by atoms with E-state index >= 15 is 0 Å². The van der Waals surface area contributed by atoms with Crippen molar-refractivity contribution in [3.05, 3.63) is 58.5 Å². The highest BCUT2D eigenvalue weighted by molar-refractivity contribution is 7.96. The van der Waals surface area contributed by atoms with Crippen LogP contribution in [0.3, 0.4) is 0 Å². The summed E-state index contributed by atoms with van der Waals surface area (Å²) in [7, 11) is 0. The summed E-state index contributed by atoms with van der Waals surface area (Å²) in [6, 6.07) is 10.5. The van der Waals surface area contributed by atoms with Crippen molar-refractivity contribution < 1.29 is 3.89 Å². The first-order valence-corrected chi connectivity index (χ1v) is 7.05. The van der Waals surface area contributed by atoms with Crippen LogP contribution in [0.25, 0.3) is 22.9 Å². The molecular weight excluding hydrogens is 255 g/mol. The smallest absolute Gasteiger partial charge is 0.0818 e. The molecule has 0 spiro atoms. The van der Waals surface area contributed by atoms with Crippen molar-refractivity contribution in [3.8, 4) is 0 Å². The maximum Gasteiger partial charge on any atom is 0.0818 e. The highest BCUT2D eigenvalue weighted by Crippen LogP contribution is 2.29. The third kappa shape index (κ3) is 2.10. The van der Waals surface area contributed by atoms with E-state index < -0.39 is 4.75 Å². The van der Waals surface area contributed by atoms with E-state index in [4.69, 9.17) is 0 Å². The van der Waals surface area contributed by atoms with Gasteiger partial charge in [0.05, 0.1) is 16.9 Å². The standard InChI is InChI=1S/C17H15FS/c1-12-15-7-4-3-6-13(15)10-14-11-17(2,19-18)9-5-8-16(12)14/h3-11H,1-2H3. The Morgan fingerprint density at radius 3 is 2.79 bits per heavy atom. The predicted molar refractivity (Wildman–Crippen MR) is 83.1 cm³/mol. The van der Waals surface area contributed by atoms with Crippen molar-refractivity contribution >= 4 is 35.1 Å².